The van der Waals surface area contributed by atoms with Gasteiger partial charge in [0.25, 0.3) is 0 Å². The molecule has 0 aliphatic carbocycles. The van der Waals surface area contributed by atoms with Crippen LogP contribution in [0.3, 0.4) is 0 Å². The maximum atomic E-state index is 13.8. The van der Waals surface area contributed by atoms with Crippen molar-refractivity contribution in [1.82, 2.24) is 9.97 Å². The Labute approximate surface area is 132 Å². The van der Waals surface area contributed by atoms with Crippen LogP contribution in [0.4, 0.5) is 26.0 Å². The molecule has 6 heteroatoms. The number of nitrogens with one attached hydrogen (secondary N) is 1. The molecule has 0 bridgehead atoms. The van der Waals surface area contributed by atoms with E-state index in [1.807, 2.05) is 31.2 Å². The van der Waals surface area contributed by atoms with Crippen LogP contribution in [-0.2, 0) is 0 Å². The molecule has 3 aromatic rings. The van der Waals surface area contributed by atoms with Gasteiger partial charge in [0.05, 0.1) is 11.4 Å². The molecule has 0 spiro atoms. The molecule has 4 nitrogen and oxygen atoms in total. The molecule has 0 atom stereocenters. The molecule has 0 radical (unpaired) electrons. The van der Waals surface area contributed by atoms with Crippen molar-refractivity contribution in [2.45, 2.75) is 6.92 Å². The second kappa shape index (κ2) is 6.00. The lowest BCUT2D eigenvalue weighted by Crippen LogP contribution is -2.04. The van der Waals surface area contributed by atoms with Crippen LogP contribution in [0.15, 0.2) is 48.8 Å². The number of anilines is 3. The van der Waals surface area contributed by atoms with Crippen LogP contribution >= 0.6 is 0 Å². The maximum Gasteiger partial charge on any atom is 0.157 e. The largest absolute Gasteiger partial charge is 0.394 e. The van der Waals surface area contributed by atoms with Crippen molar-refractivity contribution in [2.75, 3.05) is 11.1 Å². The Balaban J connectivity index is 2.02. The van der Waals surface area contributed by atoms with Gasteiger partial charge in [-0.2, -0.15) is 0 Å². The number of hydrogen-bond donors (Lipinski definition) is 2. The number of halogens is 2. The van der Waals surface area contributed by atoms with Crippen LogP contribution in [-0.4, -0.2) is 9.97 Å². The Morgan fingerprint density at radius 1 is 1.04 bits per heavy atom. The fraction of sp³-hybridized carbons (Fsp3) is 0.0588. The molecule has 3 N–H and O–H groups in total. The van der Waals surface area contributed by atoms with Crippen molar-refractivity contribution in [3.8, 4) is 11.3 Å². The zero-order valence-electron chi connectivity index (χ0n) is 12.3. The number of nitrogens with zero attached hydrogens (tertiary/aromatic N) is 2. The SMILES string of the molecule is Cc1ccccc1-c1ncnc(Nc2ccc(F)cc2F)c1N. The Morgan fingerprint density at radius 2 is 1.83 bits per heavy atom. The van der Waals surface area contributed by atoms with Crippen molar-refractivity contribution < 1.29 is 8.78 Å². The molecule has 0 fully saturated rings. The number of aryl methyl sites for hydroxylation is 1. The number of nitrogens with two attached hydrogens (primary N) is 1. The Hall–Kier alpha value is -3.02. The molecule has 3 rings (SSSR count). The number of hydrogen-bond acceptors (Lipinski definition) is 4. The molecule has 23 heavy (non-hydrogen) atoms. The Bertz CT molecular complexity index is 865. The first-order chi connectivity index (χ1) is 11.1. The fourth-order valence-electron chi connectivity index (χ4n) is 2.27. The predicted octanol–water partition coefficient (Wildman–Crippen LogP) is 4.06. The number of nitrogen functional groups attached to an aromatic ring is 1. The molecule has 116 valence electrons. The molecular formula is C17H14F2N4. The summed E-state index contributed by atoms with van der Waals surface area (Å²) in [4.78, 5) is 8.26. The second-order valence-corrected chi connectivity index (χ2v) is 5.05. The van der Waals surface area contributed by atoms with Crippen molar-refractivity contribution >= 4 is 17.2 Å². The minimum Gasteiger partial charge on any atom is -0.394 e. The summed E-state index contributed by atoms with van der Waals surface area (Å²) in [6.45, 7) is 1.95. The van der Waals surface area contributed by atoms with Gasteiger partial charge in [0.1, 0.15) is 23.6 Å². The van der Waals surface area contributed by atoms with Gasteiger partial charge in [0.15, 0.2) is 5.82 Å². The quantitative estimate of drug-likeness (QED) is 0.765. The van der Waals surface area contributed by atoms with Crippen LogP contribution in [0.5, 0.6) is 0 Å². The van der Waals surface area contributed by atoms with E-state index in [1.165, 1.54) is 12.4 Å². The van der Waals surface area contributed by atoms with E-state index in [2.05, 4.69) is 15.3 Å². The molecule has 1 heterocycles. The van der Waals surface area contributed by atoms with Crippen molar-refractivity contribution in [1.29, 1.82) is 0 Å². The third kappa shape index (κ3) is 2.96. The maximum absolute atomic E-state index is 13.8. The molecule has 0 saturated heterocycles. The second-order valence-electron chi connectivity index (χ2n) is 5.05. The molecule has 0 unspecified atom stereocenters. The van der Waals surface area contributed by atoms with E-state index in [4.69, 9.17) is 5.73 Å². The van der Waals surface area contributed by atoms with Gasteiger partial charge in [0.2, 0.25) is 0 Å². The minimum atomic E-state index is -0.722. The third-order valence-electron chi connectivity index (χ3n) is 3.47. The van der Waals surface area contributed by atoms with Crippen LogP contribution in [0, 0.1) is 18.6 Å². The summed E-state index contributed by atoms with van der Waals surface area (Å²) in [7, 11) is 0. The van der Waals surface area contributed by atoms with Gasteiger partial charge < -0.3 is 11.1 Å². The first kappa shape index (κ1) is 14.9. The summed E-state index contributed by atoms with van der Waals surface area (Å²) < 4.78 is 26.7. The summed E-state index contributed by atoms with van der Waals surface area (Å²) in [5, 5.41) is 2.78. The van der Waals surface area contributed by atoms with E-state index >= 15 is 0 Å². The van der Waals surface area contributed by atoms with Crippen molar-refractivity contribution in [3.05, 3.63) is 66.0 Å². The smallest absolute Gasteiger partial charge is 0.157 e. The van der Waals surface area contributed by atoms with E-state index in [0.717, 1.165) is 23.3 Å². The molecule has 0 amide bonds. The van der Waals surface area contributed by atoms with Gasteiger partial charge in [0, 0.05) is 11.6 Å². The van der Waals surface area contributed by atoms with Gasteiger partial charge in [-0.1, -0.05) is 24.3 Å². The van der Waals surface area contributed by atoms with E-state index in [0.29, 0.717) is 11.4 Å². The summed E-state index contributed by atoms with van der Waals surface area (Å²) in [6, 6.07) is 10.9. The average Bonchev–Trinajstić information content (AvgIpc) is 2.53. The Morgan fingerprint density at radius 3 is 2.57 bits per heavy atom. The lowest BCUT2D eigenvalue weighted by atomic mass is 10.0. The molecule has 0 saturated carbocycles. The highest BCUT2D eigenvalue weighted by Gasteiger charge is 2.13. The van der Waals surface area contributed by atoms with Crippen LogP contribution < -0.4 is 11.1 Å². The zero-order chi connectivity index (χ0) is 16.4. The monoisotopic (exact) mass is 312 g/mol. The van der Waals surface area contributed by atoms with E-state index in [-0.39, 0.29) is 11.5 Å². The number of benzene rings is 2. The van der Waals surface area contributed by atoms with Gasteiger partial charge in [-0.3, -0.25) is 0 Å². The highest BCUT2D eigenvalue weighted by atomic mass is 19.1. The molecule has 0 aliphatic heterocycles. The first-order valence-electron chi connectivity index (χ1n) is 6.95. The van der Waals surface area contributed by atoms with E-state index in [9.17, 15) is 8.78 Å². The van der Waals surface area contributed by atoms with Gasteiger partial charge in [-0.15, -0.1) is 0 Å². The van der Waals surface area contributed by atoms with Gasteiger partial charge in [-0.05, 0) is 24.6 Å². The summed E-state index contributed by atoms with van der Waals surface area (Å²) in [5.41, 5.74) is 8.95. The zero-order valence-corrected chi connectivity index (χ0v) is 12.3. The van der Waals surface area contributed by atoms with Crippen LogP contribution in [0.2, 0.25) is 0 Å². The van der Waals surface area contributed by atoms with Gasteiger partial charge >= 0.3 is 0 Å². The highest BCUT2D eigenvalue weighted by Crippen LogP contribution is 2.32. The average molecular weight is 312 g/mol. The third-order valence-corrected chi connectivity index (χ3v) is 3.47. The van der Waals surface area contributed by atoms with E-state index in [1.54, 1.807) is 0 Å². The van der Waals surface area contributed by atoms with Gasteiger partial charge in [-0.25, -0.2) is 18.7 Å². The number of rotatable bonds is 3. The summed E-state index contributed by atoms with van der Waals surface area (Å²) in [6.07, 6.45) is 1.35. The summed E-state index contributed by atoms with van der Waals surface area (Å²) >= 11 is 0. The standard InChI is InChI=1S/C17H14F2N4/c1-10-4-2-3-5-12(10)16-15(20)17(22-9-21-16)23-14-7-6-11(18)8-13(14)19/h2-9H,20H2,1H3,(H,21,22,23). The predicted molar refractivity (Wildman–Crippen MR) is 86.3 cm³/mol. The van der Waals surface area contributed by atoms with Crippen molar-refractivity contribution in [2.24, 2.45) is 0 Å². The normalized spacial score (nSPS) is 10.6. The fourth-order valence-corrected chi connectivity index (χ4v) is 2.27. The first-order valence-corrected chi connectivity index (χ1v) is 6.95. The van der Waals surface area contributed by atoms with E-state index < -0.39 is 11.6 Å². The minimum absolute atomic E-state index is 0.0903. The lowest BCUT2D eigenvalue weighted by molar-refractivity contribution is 0.586. The molecular weight excluding hydrogens is 298 g/mol. The topological polar surface area (TPSA) is 63.8 Å². The molecule has 2 aromatic carbocycles. The Kier molecular flexibility index (Phi) is 3.89. The number of aromatic nitrogens is 2. The molecule has 0 aliphatic rings. The van der Waals surface area contributed by atoms with Crippen LogP contribution in [0.1, 0.15) is 5.56 Å². The molecule has 1 aromatic heterocycles. The summed E-state index contributed by atoms with van der Waals surface area (Å²) in [5.74, 6) is -1.10. The highest BCUT2D eigenvalue weighted by molar-refractivity contribution is 5.83. The lowest BCUT2D eigenvalue weighted by Gasteiger charge is -2.13. The van der Waals surface area contributed by atoms with Crippen molar-refractivity contribution in [3.63, 3.8) is 0 Å². The van der Waals surface area contributed by atoms with Crippen LogP contribution in [0.25, 0.3) is 11.3 Å².